The van der Waals surface area contributed by atoms with Gasteiger partial charge in [0.25, 0.3) is 0 Å². The van der Waals surface area contributed by atoms with Crippen molar-refractivity contribution >= 4 is 32.7 Å². The molecule has 2 aliphatic rings. The smallest absolute Gasteiger partial charge is 0.397 e. The van der Waals surface area contributed by atoms with Gasteiger partial charge in [0.1, 0.15) is 30.5 Å². The number of unbranched alkanes of at least 4 members (excludes halogenated alkanes) is 25. The average molecular weight is 1060 g/mol. The summed E-state index contributed by atoms with van der Waals surface area (Å²) in [5, 5.41) is 42.5. The van der Waals surface area contributed by atoms with E-state index in [1.807, 2.05) is 6.92 Å². The first-order chi connectivity index (χ1) is 33.8. The van der Waals surface area contributed by atoms with Crippen LogP contribution in [0.5, 0.6) is 0 Å². The number of ether oxygens (including phenoxy) is 5. The van der Waals surface area contributed by atoms with Crippen molar-refractivity contribution in [2.24, 2.45) is 5.92 Å². The number of aliphatic hydroxyl groups is 4. The molecule has 0 aromatic heterocycles. The Balaban J connectivity index is 2.19. The summed E-state index contributed by atoms with van der Waals surface area (Å²) in [6, 6.07) is 0. The number of aliphatic hydroxyl groups excluding tert-OH is 4. The quantitative estimate of drug-likeness (QED) is 0.0145. The van der Waals surface area contributed by atoms with Crippen LogP contribution in [-0.4, -0.2) is 133 Å². The van der Waals surface area contributed by atoms with Gasteiger partial charge in [-0.1, -0.05) is 194 Å². The molecule has 19 nitrogen and oxygen atoms in total. The lowest BCUT2D eigenvalue weighted by molar-refractivity contribution is -0.373. The Morgan fingerprint density at radius 1 is 0.535 bits per heavy atom. The summed E-state index contributed by atoms with van der Waals surface area (Å²) in [5.41, 5.74) is 0.166. The van der Waals surface area contributed by atoms with Gasteiger partial charge in [-0.2, -0.15) is 16.8 Å². The van der Waals surface area contributed by atoms with E-state index in [1.54, 1.807) is 6.08 Å². The molecule has 0 bridgehead atoms. The highest BCUT2D eigenvalue weighted by Gasteiger charge is 2.56. The van der Waals surface area contributed by atoms with Crippen molar-refractivity contribution in [1.29, 1.82) is 0 Å². The van der Waals surface area contributed by atoms with Crippen molar-refractivity contribution in [3.63, 3.8) is 0 Å². The molecule has 0 aromatic rings. The number of carbonyl (C=O) groups excluding carboxylic acids is 2. The fraction of sp³-hybridized carbons (Fsp3) is 0.920. The third kappa shape index (κ3) is 28.0. The van der Waals surface area contributed by atoms with Gasteiger partial charge in [0.2, 0.25) is 6.29 Å². The van der Waals surface area contributed by atoms with Crippen molar-refractivity contribution in [1.82, 2.24) is 0 Å². The average Bonchev–Trinajstić information content (AvgIpc) is 3.31. The van der Waals surface area contributed by atoms with Crippen LogP contribution in [0.4, 0.5) is 0 Å². The molecular formula is C50H92O19S2. The van der Waals surface area contributed by atoms with Gasteiger partial charge in [-0.3, -0.25) is 13.9 Å². The maximum atomic E-state index is 13.7. The van der Waals surface area contributed by atoms with Crippen LogP contribution in [0.15, 0.2) is 11.6 Å². The second-order valence-electron chi connectivity index (χ2n) is 19.6. The predicted molar refractivity (Wildman–Crippen MR) is 265 cm³/mol. The number of rotatable bonds is 41. The topological polar surface area (TPSA) is 288 Å². The third-order valence-corrected chi connectivity index (χ3v) is 14.1. The van der Waals surface area contributed by atoms with E-state index in [9.17, 15) is 56.0 Å². The van der Waals surface area contributed by atoms with Gasteiger partial charge in [0, 0.05) is 12.0 Å². The zero-order chi connectivity index (χ0) is 52.7. The van der Waals surface area contributed by atoms with Crippen LogP contribution in [0, 0.1) is 5.92 Å². The minimum Gasteiger partial charge on any atom is -0.453 e. The summed E-state index contributed by atoms with van der Waals surface area (Å²) in [6.45, 7) is 5.90. The zero-order valence-electron chi connectivity index (χ0n) is 43.2. The van der Waals surface area contributed by atoms with Gasteiger partial charge in [0.15, 0.2) is 24.6 Å². The Bertz CT molecular complexity index is 1680. The van der Waals surface area contributed by atoms with Gasteiger partial charge in [-0.05, 0) is 25.7 Å². The van der Waals surface area contributed by atoms with Crippen LogP contribution < -0.4 is 0 Å². The lowest BCUT2D eigenvalue weighted by Gasteiger charge is -2.46. The minimum absolute atomic E-state index is 0.0365. The Kier molecular flexibility index (Phi) is 34.0. The number of hydrogen-bond acceptors (Lipinski definition) is 17. The van der Waals surface area contributed by atoms with Gasteiger partial charge in [-0.25, -0.2) is 13.2 Å². The van der Waals surface area contributed by atoms with E-state index in [2.05, 4.69) is 22.2 Å². The van der Waals surface area contributed by atoms with Gasteiger partial charge in [-0.15, -0.1) is 0 Å². The van der Waals surface area contributed by atoms with Crippen LogP contribution in [0.1, 0.15) is 214 Å². The summed E-state index contributed by atoms with van der Waals surface area (Å²) < 4.78 is 105. The SMILES string of the molecule is CCCCCCCCCCCCCCCC[C@H](C)/C=C(\C)C(=O)OC1C(O)C(CO)OC(OC2OC(CO)C(O)C(OS(=O)(=O)O)C2OS(=O)(=O)O)C1OC(=O)CCCCCCCCCCCCCCC. The predicted octanol–water partition coefficient (Wildman–Crippen LogP) is 8.29. The van der Waals surface area contributed by atoms with Gasteiger partial charge in [0.05, 0.1) is 13.2 Å². The Morgan fingerprint density at radius 3 is 1.31 bits per heavy atom. The monoisotopic (exact) mass is 1060 g/mol. The van der Waals surface area contributed by atoms with Gasteiger partial charge < -0.3 is 44.1 Å². The van der Waals surface area contributed by atoms with E-state index >= 15 is 0 Å². The largest absolute Gasteiger partial charge is 0.453 e. The molecule has 2 rings (SSSR count). The molecule has 2 heterocycles. The number of hydrogen-bond donors (Lipinski definition) is 6. The molecule has 6 N–H and O–H groups in total. The lowest BCUT2D eigenvalue weighted by atomic mass is 9.97. The van der Waals surface area contributed by atoms with Crippen LogP contribution in [0.25, 0.3) is 0 Å². The van der Waals surface area contributed by atoms with Crippen molar-refractivity contribution in [2.45, 2.75) is 275 Å². The molecule has 418 valence electrons. The highest BCUT2D eigenvalue weighted by molar-refractivity contribution is 7.81. The summed E-state index contributed by atoms with van der Waals surface area (Å²) in [7, 11) is -11.1. The molecule has 0 saturated carbocycles. The first kappa shape index (κ1) is 65.3. The molecule has 0 radical (unpaired) electrons. The second kappa shape index (κ2) is 37.0. The van der Waals surface area contributed by atoms with Crippen LogP contribution in [-0.2, 0) is 62.4 Å². The van der Waals surface area contributed by atoms with Crippen LogP contribution in [0.2, 0.25) is 0 Å². The third-order valence-electron chi connectivity index (χ3n) is 13.2. The molecule has 2 saturated heterocycles. The maximum absolute atomic E-state index is 13.7. The molecule has 11 atom stereocenters. The molecular weight excluding hydrogens is 969 g/mol. The number of esters is 2. The van der Waals surface area contributed by atoms with Crippen molar-refractivity contribution in [3.8, 4) is 0 Å². The molecule has 2 aliphatic heterocycles. The first-order valence-corrected chi connectivity index (χ1v) is 29.5. The van der Waals surface area contributed by atoms with Crippen molar-refractivity contribution in [3.05, 3.63) is 11.6 Å². The molecule has 71 heavy (non-hydrogen) atoms. The van der Waals surface area contributed by atoms with Gasteiger partial charge >= 0.3 is 32.7 Å². The highest BCUT2D eigenvalue weighted by Crippen LogP contribution is 2.34. The van der Waals surface area contributed by atoms with Crippen molar-refractivity contribution < 1.29 is 88.0 Å². The molecule has 10 unspecified atom stereocenters. The minimum atomic E-state index is -5.55. The van der Waals surface area contributed by atoms with E-state index < -0.39 is 107 Å². The van der Waals surface area contributed by atoms with Crippen LogP contribution in [0.3, 0.4) is 0 Å². The second-order valence-corrected chi connectivity index (χ2v) is 21.7. The first-order valence-electron chi connectivity index (χ1n) is 26.8. The normalized spacial score (nSPS) is 25.8. The van der Waals surface area contributed by atoms with Crippen molar-refractivity contribution in [2.75, 3.05) is 13.2 Å². The number of allylic oxidation sites excluding steroid dienone is 1. The summed E-state index contributed by atoms with van der Waals surface area (Å²) >= 11 is 0. The maximum Gasteiger partial charge on any atom is 0.397 e. The Labute approximate surface area is 425 Å². The Morgan fingerprint density at radius 2 is 0.901 bits per heavy atom. The van der Waals surface area contributed by atoms with E-state index in [0.29, 0.717) is 12.8 Å². The molecule has 0 aromatic carbocycles. The molecule has 0 spiro atoms. The zero-order valence-corrected chi connectivity index (χ0v) is 44.8. The Hall–Kier alpha value is -1.86. The van der Waals surface area contributed by atoms with E-state index in [4.69, 9.17) is 23.7 Å². The number of carbonyl (C=O) groups is 2. The highest BCUT2D eigenvalue weighted by atomic mass is 32.3. The van der Waals surface area contributed by atoms with E-state index in [-0.39, 0.29) is 17.9 Å². The molecule has 21 heteroatoms. The molecule has 0 aliphatic carbocycles. The summed E-state index contributed by atoms with van der Waals surface area (Å²) in [4.78, 5) is 27.3. The molecule has 2 fully saturated rings. The fourth-order valence-electron chi connectivity index (χ4n) is 9.14. The summed E-state index contributed by atoms with van der Waals surface area (Å²) in [5.74, 6) is -1.79. The van der Waals surface area contributed by atoms with E-state index in [1.165, 1.54) is 122 Å². The lowest BCUT2D eigenvalue weighted by Crippen LogP contribution is -2.66. The fourth-order valence-corrected chi connectivity index (χ4v) is 10.1. The van der Waals surface area contributed by atoms with Crippen LogP contribution >= 0.6 is 0 Å². The summed E-state index contributed by atoms with van der Waals surface area (Å²) in [6.07, 6.45) is 12.9. The standard InChI is InChI=1S/C50H92O19S2/c1-5-7-9-11-13-15-17-19-21-22-24-26-28-30-32-37(3)34-38(4)48(56)66-44-42(54)39(35-51)63-49(46(44)65-41(53)33-31-29-27-25-23-20-18-16-14-12-10-8-6-2)67-50-47(69-71(60,61)62)45(68-70(57,58)59)43(55)40(36-52)64-50/h34,37,39-40,42-47,49-52,54-55H,5-33,35-36H2,1-4H3,(H,57,58,59)(H,60,61,62)/b38-34+/t37-,39?,40?,42?,43?,44?,45?,46?,47?,49?,50?/m0/s1. The molecule has 0 amide bonds. The van der Waals surface area contributed by atoms with E-state index in [0.717, 1.165) is 51.4 Å².